The fourth-order valence-electron chi connectivity index (χ4n) is 2.94. The van der Waals surface area contributed by atoms with E-state index in [1.807, 2.05) is 4.90 Å². The van der Waals surface area contributed by atoms with Crippen molar-refractivity contribution >= 4 is 23.4 Å². The van der Waals surface area contributed by atoms with Gasteiger partial charge in [-0.2, -0.15) is 0 Å². The molecule has 1 aromatic rings. The molecule has 3 N–H and O–H groups in total. The van der Waals surface area contributed by atoms with E-state index in [0.717, 1.165) is 0 Å². The van der Waals surface area contributed by atoms with Crippen LogP contribution in [0.4, 0.5) is 20.6 Å². The van der Waals surface area contributed by atoms with Gasteiger partial charge in [0.15, 0.2) is 0 Å². The average molecular weight is 366 g/mol. The smallest absolute Gasteiger partial charge is 0.414 e. The van der Waals surface area contributed by atoms with Crippen molar-refractivity contribution in [2.24, 2.45) is 5.73 Å². The minimum atomic E-state index is -0.634. The highest BCUT2D eigenvalue weighted by Crippen LogP contribution is 2.28. The van der Waals surface area contributed by atoms with Gasteiger partial charge in [-0.1, -0.05) is 0 Å². The van der Waals surface area contributed by atoms with E-state index < -0.39 is 24.1 Å². The summed E-state index contributed by atoms with van der Waals surface area (Å²) in [6.07, 6.45) is -1.07. The second kappa shape index (κ2) is 7.88. The standard InChI is InChI=1S/C17H23FN4O4/c1-11(19)16(23)20-9-13-10-22(17(24)26-13)12-2-3-15(14(18)8-12)21-4-6-25-7-5-21/h2-3,8,11,13H,4-7,9-10,19H2,1H3,(H,20,23)/t11-,13?/m1/s1. The number of amides is 2. The van der Waals surface area contributed by atoms with Gasteiger partial charge in [-0.15, -0.1) is 0 Å². The normalized spacial score (nSPS) is 21.5. The highest BCUT2D eigenvalue weighted by molar-refractivity contribution is 5.90. The molecule has 142 valence electrons. The first-order valence-corrected chi connectivity index (χ1v) is 8.59. The zero-order valence-corrected chi connectivity index (χ0v) is 14.6. The molecule has 0 bridgehead atoms. The number of halogens is 1. The number of hydrogen-bond donors (Lipinski definition) is 2. The minimum Gasteiger partial charge on any atom is -0.442 e. The summed E-state index contributed by atoms with van der Waals surface area (Å²) in [5, 5.41) is 2.62. The number of carbonyl (C=O) groups is 2. The van der Waals surface area contributed by atoms with Gasteiger partial charge in [-0.3, -0.25) is 9.69 Å². The van der Waals surface area contributed by atoms with E-state index in [1.54, 1.807) is 19.1 Å². The third-order valence-corrected chi connectivity index (χ3v) is 4.39. The molecule has 2 fully saturated rings. The number of benzene rings is 1. The number of rotatable bonds is 5. The van der Waals surface area contributed by atoms with Crippen LogP contribution in [0, 0.1) is 5.82 Å². The summed E-state index contributed by atoms with van der Waals surface area (Å²) in [5.41, 5.74) is 6.39. The van der Waals surface area contributed by atoms with Crippen LogP contribution in [-0.4, -0.2) is 63.5 Å². The fourth-order valence-corrected chi connectivity index (χ4v) is 2.94. The van der Waals surface area contributed by atoms with Crippen LogP contribution in [0.5, 0.6) is 0 Å². The van der Waals surface area contributed by atoms with Crippen molar-refractivity contribution in [2.45, 2.75) is 19.1 Å². The molecule has 0 spiro atoms. The summed E-state index contributed by atoms with van der Waals surface area (Å²) in [6, 6.07) is 4.05. The molecule has 2 aliphatic heterocycles. The van der Waals surface area contributed by atoms with Gasteiger partial charge >= 0.3 is 6.09 Å². The molecule has 3 rings (SSSR count). The van der Waals surface area contributed by atoms with E-state index in [4.69, 9.17) is 15.2 Å². The van der Waals surface area contributed by atoms with Crippen LogP contribution in [0.2, 0.25) is 0 Å². The van der Waals surface area contributed by atoms with Gasteiger partial charge in [-0.25, -0.2) is 9.18 Å². The molecule has 0 saturated carbocycles. The van der Waals surface area contributed by atoms with Crippen LogP contribution in [0.1, 0.15) is 6.92 Å². The van der Waals surface area contributed by atoms with Crippen LogP contribution in [0.3, 0.4) is 0 Å². The Hall–Kier alpha value is -2.39. The Morgan fingerprint density at radius 3 is 2.81 bits per heavy atom. The maximum absolute atomic E-state index is 14.5. The molecule has 0 aliphatic carbocycles. The summed E-state index contributed by atoms with van der Waals surface area (Å²) in [7, 11) is 0. The van der Waals surface area contributed by atoms with Gasteiger partial charge in [0.25, 0.3) is 0 Å². The molecule has 2 heterocycles. The lowest BCUT2D eigenvalue weighted by Crippen LogP contribution is -2.42. The molecule has 2 aliphatic rings. The van der Waals surface area contributed by atoms with Crippen molar-refractivity contribution in [1.82, 2.24) is 5.32 Å². The Morgan fingerprint density at radius 2 is 2.15 bits per heavy atom. The van der Waals surface area contributed by atoms with Gasteiger partial charge < -0.3 is 25.4 Å². The van der Waals surface area contributed by atoms with Crippen LogP contribution in [0.15, 0.2) is 18.2 Å². The Balaban J connectivity index is 1.64. The van der Waals surface area contributed by atoms with E-state index in [2.05, 4.69) is 5.32 Å². The van der Waals surface area contributed by atoms with Crippen molar-refractivity contribution in [2.75, 3.05) is 49.2 Å². The minimum absolute atomic E-state index is 0.164. The topological polar surface area (TPSA) is 97.1 Å². The maximum atomic E-state index is 14.5. The summed E-state index contributed by atoms with van der Waals surface area (Å²) < 4.78 is 25.0. The van der Waals surface area contributed by atoms with E-state index in [1.165, 1.54) is 11.0 Å². The Kier molecular flexibility index (Phi) is 5.58. The molecular formula is C17H23FN4O4. The van der Waals surface area contributed by atoms with E-state index in [0.29, 0.717) is 37.7 Å². The molecule has 9 heteroatoms. The number of hydrogen-bond acceptors (Lipinski definition) is 6. The van der Waals surface area contributed by atoms with Gasteiger partial charge in [0.05, 0.1) is 43.7 Å². The second-order valence-electron chi connectivity index (χ2n) is 6.39. The SMILES string of the molecule is C[C@@H](N)C(=O)NCC1CN(c2ccc(N3CCOCC3)c(F)c2)C(=O)O1. The third kappa shape index (κ3) is 4.05. The van der Waals surface area contributed by atoms with Gasteiger partial charge in [0.2, 0.25) is 5.91 Å². The quantitative estimate of drug-likeness (QED) is 0.785. The zero-order chi connectivity index (χ0) is 18.7. The number of nitrogens with two attached hydrogens (primary N) is 1. The Bertz CT molecular complexity index is 679. The second-order valence-corrected chi connectivity index (χ2v) is 6.39. The highest BCUT2D eigenvalue weighted by Gasteiger charge is 2.33. The van der Waals surface area contributed by atoms with E-state index >= 15 is 0 Å². The number of anilines is 2. The molecule has 8 nitrogen and oxygen atoms in total. The lowest BCUT2D eigenvalue weighted by molar-refractivity contribution is -0.122. The van der Waals surface area contributed by atoms with Crippen molar-refractivity contribution in [3.63, 3.8) is 0 Å². The van der Waals surface area contributed by atoms with E-state index in [9.17, 15) is 14.0 Å². The van der Waals surface area contributed by atoms with Crippen LogP contribution in [-0.2, 0) is 14.3 Å². The molecule has 2 amide bonds. The van der Waals surface area contributed by atoms with Crippen molar-refractivity contribution < 1.29 is 23.5 Å². The predicted octanol–water partition coefficient (Wildman–Crippen LogP) is 0.451. The molecule has 26 heavy (non-hydrogen) atoms. The van der Waals surface area contributed by atoms with Crippen molar-refractivity contribution in [3.8, 4) is 0 Å². The predicted molar refractivity (Wildman–Crippen MR) is 93.7 cm³/mol. The molecular weight excluding hydrogens is 343 g/mol. The first kappa shape index (κ1) is 18.4. The van der Waals surface area contributed by atoms with Crippen LogP contribution in [0.25, 0.3) is 0 Å². The van der Waals surface area contributed by atoms with Crippen LogP contribution >= 0.6 is 0 Å². The molecule has 2 saturated heterocycles. The highest BCUT2D eigenvalue weighted by atomic mass is 19.1. The van der Waals surface area contributed by atoms with Crippen molar-refractivity contribution in [3.05, 3.63) is 24.0 Å². The van der Waals surface area contributed by atoms with Gasteiger partial charge in [0.1, 0.15) is 11.9 Å². The molecule has 1 aromatic carbocycles. The zero-order valence-electron chi connectivity index (χ0n) is 14.6. The van der Waals surface area contributed by atoms with Gasteiger partial charge in [-0.05, 0) is 25.1 Å². The number of morpholine rings is 1. The molecule has 0 radical (unpaired) electrons. The van der Waals surface area contributed by atoms with Crippen molar-refractivity contribution in [1.29, 1.82) is 0 Å². The summed E-state index contributed by atoms with van der Waals surface area (Å²) in [4.78, 5) is 26.9. The third-order valence-electron chi connectivity index (χ3n) is 4.39. The van der Waals surface area contributed by atoms with E-state index in [-0.39, 0.29) is 19.0 Å². The molecule has 0 aromatic heterocycles. The molecule has 2 atom stereocenters. The lowest BCUT2D eigenvalue weighted by atomic mass is 10.2. The lowest BCUT2D eigenvalue weighted by Gasteiger charge is -2.29. The Labute approximate surface area is 151 Å². The molecule has 1 unspecified atom stereocenters. The number of nitrogens with one attached hydrogen (secondary N) is 1. The first-order valence-electron chi connectivity index (χ1n) is 8.59. The largest absolute Gasteiger partial charge is 0.442 e. The van der Waals surface area contributed by atoms with Crippen LogP contribution < -0.4 is 20.9 Å². The number of nitrogens with zero attached hydrogens (tertiary/aromatic N) is 2. The average Bonchev–Trinajstić information content (AvgIpc) is 3.01. The van der Waals surface area contributed by atoms with Gasteiger partial charge in [0, 0.05) is 13.1 Å². The number of ether oxygens (including phenoxy) is 2. The first-order chi connectivity index (χ1) is 12.5. The summed E-state index contributed by atoms with van der Waals surface area (Å²) in [6.45, 7) is 4.35. The summed E-state index contributed by atoms with van der Waals surface area (Å²) >= 11 is 0. The fraction of sp³-hybridized carbons (Fsp3) is 0.529. The summed E-state index contributed by atoms with van der Waals surface area (Å²) in [5.74, 6) is -0.716. The Morgan fingerprint density at radius 1 is 1.42 bits per heavy atom. The maximum Gasteiger partial charge on any atom is 0.414 e. The monoisotopic (exact) mass is 366 g/mol. The number of carbonyl (C=O) groups excluding carboxylic acids is 2. The number of cyclic esters (lactones) is 1.